The van der Waals surface area contributed by atoms with Crippen LogP contribution in [-0.2, 0) is 0 Å². The van der Waals surface area contributed by atoms with Crippen LogP contribution in [0.2, 0.25) is 0 Å². The van der Waals surface area contributed by atoms with Crippen LogP contribution in [0.25, 0.3) is 11.3 Å². The fraction of sp³-hybridized carbons (Fsp3) is 0.179. The fourth-order valence-electron chi connectivity index (χ4n) is 4.44. The molecule has 0 spiro atoms. The largest absolute Gasteiger partial charge is 0.346 e. The van der Waals surface area contributed by atoms with Crippen molar-refractivity contribution in [3.63, 3.8) is 0 Å². The molecule has 0 bridgehead atoms. The standard InChI is InChI=1S/C28H23F2N5S2/c29-23-9-5-21(6-10-23)26(22-7-11-24(30)12-8-22)34-13-15-35(16-14-34)28(36)33-27-32-25(18-37-27)20-3-1-19(17-31)2-4-20/h1-12,18,26H,13-16H2,(H,32,33,36). The average molecular weight is 532 g/mol. The van der Waals surface area contributed by atoms with Crippen LogP contribution in [0, 0.1) is 23.0 Å². The number of anilines is 1. The van der Waals surface area contributed by atoms with Crippen molar-refractivity contribution < 1.29 is 8.78 Å². The lowest BCUT2D eigenvalue weighted by Crippen LogP contribution is -2.51. The van der Waals surface area contributed by atoms with Crippen molar-refractivity contribution in [3.8, 4) is 17.3 Å². The maximum atomic E-state index is 13.6. The summed E-state index contributed by atoms with van der Waals surface area (Å²) in [6, 6.07) is 22.3. The highest BCUT2D eigenvalue weighted by Gasteiger charge is 2.27. The Morgan fingerprint density at radius 3 is 2.00 bits per heavy atom. The Balaban J connectivity index is 1.24. The molecule has 0 amide bonds. The summed E-state index contributed by atoms with van der Waals surface area (Å²) >= 11 is 7.15. The molecule has 1 aliphatic rings. The van der Waals surface area contributed by atoms with Gasteiger partial charge in [-0.2, -0.15) is 5.26 Å². The number of nitrogens with zero attached hydrogens (tertiary/aromatic N) is 4. The van der Waals surface area contributed by atoms with Gasteiger partial charge < -0.3 is 10.2 Å². The fourth-order valence-corrected chi connectivity index (χ4v) is 5.50. The van der Waals surface area contributed by atoms with Gasteiger partial charge >= 0.3 is 0 Å². The summed E-state index contributed by atoms with van der Waals surface area (Å²) < 4.78 is 27.2. The van der Waals surface area contributed by atoms with E-state index < -0.39 is 0 Å². The number of nitriles is 1. The third-order valence-corrected chi connectivity index (χ3v) is 7.48. The Labute approximate surface area is 223 Å². The van der Waals surface area contributed by atoms with Crippen molar-refractivity contribution in [2.45, 2.75) is 6.04 Å². The molecule has 1 aliphatic heterocycles. The Morgan fingerprint density at radius 1 is 0.892 bits per heavy atom. The summed E-state index contributed by atoms with van der Waals surface area (Å²) in [6.07, 6.45) is 0. The van der Waals surface area contributed by atoms with Gasteiger partial charge in [0.15, 0.2) is 10.2 Å². The van der Waals surface area contributed by atoms with Gasteiger partial charge in [-0.05, 0) is 59.7 Å². The summed E-state index contributed by atoms with van der Waals surface area (Å²) in [6.45, 7) is 2.88. The molecule has 2 heterocycles. The number of thiazole rings is 1. The third-order valence-electron chi connectivity index (χ3n) is 6.37. The quantitative estimate of drug-likeness (QED) is 0.316. The Morgan fingerprint density at radius 2 is 1.46 bits per heavy atom. The first-order valence-electron chi connectivity index (χ1n) is 11.8. The molecule has 0 radical (unpaired) electrons. The third kappa shape index (κ3) is 5.83. The molecule has 0 saturated carbocycles. The van der Waals surface area contributed by atoms with E-state index >= 15 is 0 Å². The highest BCUT2D eigenvalue weighted by atomic mass is 32.1. The van der Waals surface area contributed by atoms with E-state index in [-0.39, 0.29) is 17.7 Å². The number of hydrogen-bond donors (Lipinski definition) is 1. The number of aromatic nitrogens is 1. The second-order valence-corrected chi connectivity index (χ2v) is 9.93. The van der Waals surface area contributed by atoms with Crippen molar-refractivity contribution in [3.05, 3.63) is 107 Å². The predicted molar refractivity (Wildman–Crippen MR) is 146 cm³/mol. The summed E-state index contributed by atoms with van der Waals surface area (Å²) in [5.74, 6) is -0.570. The lowest BCUT2D eigenvalue weighted by atomic mass is 9.96. The number of thiocarbonyl (C=S) groups is 1. The molecular weight excluding hydrogens is 508 g/mol. The van der Waals surface area contributed by atoms with Gasteiger partial charge in [-0.25, -0.2) is 13.8 Å². The SMILES string of the molecule is N#Cc1ccc(-c2csc(NC(=S)N3CCN(C(c4ccc(F)cc4)c4ccc(F)cc4)CC3)n2)cc1. The summed E-state index contributed by atoms with van der Waals surface area (Å²) in [7, 11) is 0. The zero-order chi connectivity index (χ0) is 25.8. The normalized spacial score (nSPS) is 13.9. The van der Waals surface area contributed by atoms with Crippen LogP contribution in [-0.4, -0.2) is 46.1 Å². The Hall–Kier alpha value is -3.71. The molecule has 5 rings (SSSR count). The average Bonchev–Trinajstić information content (AvgIpc) is 3.40. The molecule has 0 unspecified atom stereocenters. The molecular formula is C28H23F2N5S2. The first-order chi connectivity index (χ1) is 18.0. The van der Waals surface area contributed by atoms with Crippen molar-refractivity contribution >= 4 is 33.8 Å². The molecule has 9 heteroatoms. The van der Waals surface area contributed by atoms with Crippen molar-refractivity contribution in [1.82, 2.24) is 14.8 Å². The molecule has 0 atom stereocenters. The Kier molecular flexibility index (Phi) is 7.51. The van der Waals surface area contributed by atoms with E-state index in [1.807, 2.05) is 17.5 Å². The first-order valence-corrected chi connectivity index (χ1v) is 13.1. The van der Waals surface area contributed by atoms with Crippen LogP contribution in [0.4, 0.5) is 13.9 Å². The molecule has 186 valence electrons. The number of halogens is 2. The van der Waals surface area contributed by atoms with Crippen molar-refractivity contribution in [2.75, 3.05) is 31.5 Å². The zero-order valence-electron chi connectivity index (χ0n) is 19.8. The minimum Gasteiger partial charge on any atom is -0.346 e. The first kappa shape index (κ1) is 25.0. The van der Waals surface area contributed by atoms with Gasteiger partial charge in [0.05, 0.1) is 23.4 Å². The van der Waals surface area contributed by atoms with Crippen LogP contribution in [0.1, 0.15) is 22.7 Å². The zero-order valence-corrected chi connectivity index (χ0v) is 21.4. The number of nitrogens with one attached hydrogen (secondary N) is 1. The molecule has 1 aromatic heterocycles. The van der Waals surface area contributed by atoms with E-state index in [9.17, 15) is 8.78 Å². The van der Waals surface area contributed by atoms with Crippen LogP contribution >= 0.6 is 23.6 Å². The van der Waals surface area contributed by atoms with Crippen LogP contribution in [0.15, 0.2) is 78.2 Å². The van der Waals surface area contributed by atoms with Gasteiger partial charge in [-0.3, -0.25) is 4.90 Å². The van der Waals surface area contributed by atoms with Crippen LogP contribution in [0.3, 0.4) is 0 Å². The van der Waals surface area contributed by atoms with E-state index in [4.69, 9.17) is 17.5 Å². The smallest absolute Gasteiger partial charge is 0.189 e. The minimum atomic E-state index is -0.285. The molecule has 4 aromatic rings. The van der Waals surface area contributed by atoms with Crippen molar-refractivity contribution in [1.29, 1.82) is 5.26 Å². The number of benzene rings is 3. The van der Waals surface area contributed by atoms with E-state index in [0.717, 1.165) is 35.5 Å². The summed E-state index contributed by atoms with van der Waals surface area (Å²) in [5.41, 5.74) is 4.29. The Bertz CT molecular complexity index is 1360. The summed E-state index contributed by atoms with van der Waals surface area (Å²) in [4.78, 5) is 9.07. The second-order valence-electron chi connectivity index (χ2n) is 8.69. The molecule has 37 heavy (non-hydrogen) atoms. The van der Waals surface area contributed by atoms with Gasteiger partial charge in [0.25, 0.3) is 0 Å². The molecule has 1 saturated heterocycles. The predicted octanol–water partition coefficient (Wildman–Crippen LogP) is 6.06. The van der Waals surface area contributed by atoms with Gasteiger partial charge in [-0.1, -0.05) is 36.4 Å². The van der Waals surface area contributed by atoms with E-state index in [1.54, 1.807) is 36.4 Å². The van der Waals surface area contributed by atoms with Crippen LogP contribution < -0.4 is 5.32 Å². The monoisotopic (exact) mass is 531 g/mol. The molecule has 0 aliphatic carbocycles. The lowest BCUT2D eigenvalue weighted by molar-refractivity contribution is 0.151. The number of rotatable bonds is 5. The highest BCUT2D eigenvalue weighted by molar-refractivity contribution is 7.80. The van der Waals surface area contributed by atoms with Crippen LogP contribution in [0.5, 0.6) is 0 Å². The van der Waals surface area contributed by atoms with Gasteiger partial charge in [-0.15, -0.1) is 11.3 Å². The summed E-state index contributed by atoms with van der Waals surface area (Å²) in [5, 5.41) is 15.5. The topological polar surface area (TPSA) is 55.2 Å². The number of piperazine rings is 1. The van der Waals surface area contributed by atoms with Gasteiger partial charge in [0.2, 0.25) is 0 Å². The maximum absolute atomic E-state index is 13.6. The minimum absolute atomic E-state index is 0.112. The van der Waals surface area contributed by atoms with Gasteiger partial charge in [0, 0.05) is 37.1 Å². The lowest BCUT2D eigenvalue weighted by Gasteiger charge is -2.40. The molecule has 1 fully saturated rings. The van der Waals surface area contributed by atoms with Crippen molar-refractivity contribution in [2.24, 2.45) is 0 Å². The van der Waals surface area contributed by atoms with E-state index in [1.165, 1.54) is 35.6 Å². The second kappa shape index (κ2) is 11.1. The van der Waals surface area contributed by atoms with Gasteiger partial charge in [0.1, 0.15) is 11.6 Å². The molecule has 3 aromatic carbocycles. The number of hydrogen-bond acceptors (Lipinski definition) is 5. The van der Waals surface area contributed by atoms with E-state index in [0.29, 0.717) is 28.9 Å². The molecule has 5 nitrogen and oxygen atoms in total. The van der Waals surface area contributed by atoms with E-state index in [2.05, 4.69) is 26.2 Å². The maximum Gasteiger partial charge on any atom is 0.189 e. The highest BCUT2D eigenvalue weighted by Crippen LogP contribution is 2.30. The molecule has 1 N–H and O–H groups in total.